The van der Waals surface area contributed by atoms with E-state index in [2.05, 4.69) is 10.6 Å². The van der Waals surface area contributed by atoms with Crippen LogP contribution in [0.5, 0.6) is 0 Å². The summed E-state index contributed by atoms with van der Waals surface area (Å²) in [4.78, 5) is 22.9. The summed E-state index contributed by atoms with van der Waals surface area (Å²) in [6, 6.07) is 6.19. The molecule has 0 aliphatic carbocycles. The van der Waals surface area contributed by atoms with Crippen LogP contribution in [0.1, 0.15) is 12.0 Å². The highest BCUT2D eigenvalue weighted by atomic mass is 35.5. The van der Waals surface area contributed by atoms with E-state index in [4.69, 9.17) is 17.3 Å². The lowest BCUT2D eigenvalue weighted by molar-refractivity contribution is -0.122. The molecule has 0 saturated heterocycles. The van der Waals surface area contributed by atoms with Crippen LogP contribution in [0.2, 0.25) is 5.02 Å². The van der Waals surface area contributed by atoms with Gasteiger partial charge in [-0.2, -0.15) is 11.8 Å². The highest BCUT2D eigenvalue weighted by Gasteiger charge is 2.18. The van der Waals surface area contributed by atoms with Gasteiger partial charge in [0.1, 0.15) is 6.04 Å². The van der Waals surface area contributed by atoms with Crippen molar-refractivity contribution in [3.63, 3.8) is 0 Å². The summed E-state index contributed by atoms with van der Waals surface area (Å²) < 4.78 is 0. The first-order chi connectivity index (χ1) is 10.0. The zero-order valence-corrected chi connectivity index (χ0v) is 13.5. The number of rotatable bonds is 8. The van der Waals surface area contributed by atoms with Crippen molar-refractivity contribution in [3.8, 4) is 0 Å². The van der Waals surface area contributed by atoms with Gasteiger partial charge in [-0.1, -0.05) is 23.7 Å². The van der Waals surface area contributed by atoms with Crippen molar-refractivity contribution in [2.75, 3.05) is 18.6 Å². The molecule has 7 heteroatoms. The Hall–Kier alpha value is -1.40. The Kier molecular flexibility index (Phi) is 8.00. The molecule has 0 spiro atoms. The molecule has 0 aliphatic heterocycles. The maximum absolute atomic E-state index is 12.0. The molecule has 0 saturated carbocycles. The first-order valence-corrected chi connectivity index (χ1v) is 8.37. The lowest BCUT2D eigenvalue weighted by atomic mass is 10.1. The van der Waals surface area contributed by atoms with Gasteiger partial charge in [-0.3, -0.25) is 4.79 Å². The summed E-state index contributed by atoms with van der Waals surface area (Å²) in [7, 11) is 0. The summed E-state index contributed by atoms with van der Waals surface area (Å²) in [5.41, 5.74) is 6.17. The fourth-order valence-electron chi connectivity index (χ4n) is 1.78. The van der Waals surface area contributed by atoms with E-state index in [1.165, 1.54) is 0 Å². The number of halogens is 1. The van der Waals surface area contributed by atoms with E-state index in [1.807, 2.05) is 30.5 Å². The van der Waals surface area contributed by atoms with Gasteiger partial charge in [0, 0.05) is 11.6 Å². The molecular formula is C14H20ClN3O2S. The van der Waals surface area contributed by atoms with Crippen LogP contribution in [-0.4, -0.2) is 36.5 Å². The minimum atomic E-state index is -0.686. The maximum Gasteiger partial charge on any atom is 0.312 e. The van der Waals surface area contributed by atoms with Crippen LogP contribution in [-0.2, 0) is 11.2 Å². The second-order valence-electron chi connectivity index (χ2n) is 4.51. The predicted molar refractivity (Wildman–Crippen MR) is 87.7 cm³/mol. The summed E-state index contributed by atoms with van der Waals surface area (Å²) >= 11 is 7.42. The number of nitrogens with two attached hydrogens (primary N) is 1. The number of urea groups is 1. The van der Waals surface area contributed by atoms with E-state index in [-0.39, 0.29) is 5.91 Å². The molecule has 0 heterocycles. The number of carbonyl (C=O) groups excluding carboxylic acids is 2. The molecule has 116 valence electrons. The van der Waals surface area contributed by atoms with E-state index in [1.54, 1.807) is 11.8 Å². The van der Waals surface area contributed by atoms with Crippen LogP contribution in [0, 0.1) is 0 Å². The van der Waals surface area contributed by atoms with Crippen LogP contribution in [0.4, 0.5) is 4.79 Å². The summed E-state index contributed by atoms with van der Waals surface area (Å²) in [6.07, 6.45) is 3.20. The molecule has 0 radical (unpaired) electrons. The molecular weight excluding hydrogens is 310 g/mol. The number of carbonyl (C=O) groups is 2. The molecule has 1 atom stereocenters. The third-order valence-corrected chi connectivity index (χ3v) is 3.77. The SMILES string of the molecule is CSCCC(NC(N)=O)C(=O)NCCc1ccc(Cl)cc1. The number of amides is 3. The summed E-state index contributed by atoms with van der Waals surface area (Å²) in [5, 5.41) is 5.96. The molecule has 0 bridgehead atoms. The Morgan fingerprint density at radius 2 is 2.00 bits per heavy atom. The average Bonchev–Trinajstić information content (AvgIpc) is 2.45. The largest absolute Gasteiger partial charge is 0.354 e. The van der Waals surface area contributed by atoms with Crippen LogP contribution in [0.25, 0.3) is 0 Å². The van der Waals surface area contributed by atoms with E-state index in [9.17, 15) is 9.59 Å². The van der Waals surface area contributed by atoms with Gasteiger partial charge >= 0.3 is 6.03 Å². The monoisotopic (exact) mass is 329 g/mol. The Labute approximate surface area is 134 Å². The minimum Gasteiger partial charge on any atom is -0.354 e. The molecule has 0 aromatic heterocycles. The molecule has 21 heavy (non-hydrogen) atoms. The normalized spacial score (nSPS) is 11.7. The van der Waals surface area contributed by atoms with Gasteiger partial charge in [0.15, 0.2) is 0 Å². The summed E-state index contributed by atoms with van der Waals surface area (Å²) in [5.74, 6) is 0.562. The highest BCUT2D eigenvalue weighted by Crippen LogP contribution is 2.09. The third-order valence-electron chi connectivity index (χ3n) is 2.87. The minimum absolute atomic E-state index is 0.211. The fraction of sp³-hybridized carbons (Fsp3) is 0.429. The van der Waals surface area contributed by atoms with Crippen molar-refractivity contribution < 1.29 is 9.59 Å². The Morgan fingerprint density at radius 1 is 1.33 bits per heavy atom. The third kappa shape index (κ3) is 7.24. The van der Waals surface area contributed by atoms with E-state index in [0.717, 1.165) is 11.3 Å². The molecule has 1 rings (SSSR count). The smallest absolute Gasteiger partial charge is 0.312 e. The molecule has 1 aromatic rings. The molecule has 1 unspecified atom stereocenters. The first kappa shape index (κ1) is 17.7. The van der Waals surface area contributed by atoms with Crippen molar-refractivity contribution in [2.24, 2.45) is 5.73 Å². The van der Waals surface area contributed by atoms with Crippen molar-refractivity contribution in [2.45, 2.75) is 18.9 Å². The molecule has 0 fully saturated rings. The van der Waals surface area contributed by atoms with E-state index in [0.29, 0.717) is 24.4 Å². The van der Waals surface area contributed by atoms with Gasteiger partial charge in [0.2, 0.25) is 5.91 Å². The number of hydrogen-bond acceptors (Lipinski definition) is 3. The number of nitrogens with one attached hydrogen (secondary N) is 2. The predicted octanol–water partition coefficient (Wildman–Crippen LogP) is 1.79. The van der Waals surface area contributed by atoms with Gasteiger partial charge in [-0.05, 0) is 42.5 Å². The first-order valence-electron chi connectivity index (χ1n) is 6.60. The lowest BCUT2D eigenvalue weighted by Gasteiger charge is -2.16. The zero-order chi connectivity index (χ0) is 15.7. The van der Waals surface area contributed by atoms with Crippen LogP contribution >= 0.6 is 23.4 Å². The fourth-order valence-corrected chi connectivity index (χ4v) is 2.38. The molecule has 4 N–H and O–H groups in total. The number of primary amides is 1. The quantitative estimate of drug-likeness (QED) is 0.680. The number of hydrogen-bond donors (Lipinski definition) is 3. The Morgan fingerprint density at radius 3 is 2.57 bits per heavy atom. The van der Waals surface area contributed by atoms with Gasteiger partial charge in [0.05, 0.1) is 0 Å². The zero-order valence-electron chi connectivity index (χ0n) is 11.9. The van der Waals surface area contributed by atoms with Gasteiger partial charge < -0.3 is 16.4 Å². The molecule has 3 amide bonds. The van der Waals surface area contributed by atoms with E-state index >= 15 is 0 Å². The van der Waals surface area contributed by atoms with Crippen LogP contribution in [0.3, 0.4) is 0 Å². The molecule has 5 nitrogen and oxygen atoms in total. The van der Waals surface area contributed by atoms with Gasteiger partial charge in [-0.25, -0.2) is 4.79 Å². The molecule has 0 aliphatic rings. The maximum atomic E-state index is 12.0. The van der Waals surface area contributed by atoms with Crippen molar-refractivity contribution in [1.82, 2.24) is 10.6 Å². The lowest BCUT2D eigenvalue weighted by Crippen LogP contribution is -2.49. The average molecular weight is 330 g/mol. The number of benzene rings is 1. The van der Waals surface area contributed by atoms with Gasteiger partial charge in [0.25, 0.3) is 0 Å². The Balaban J connectivity index is 2.41. The molecule has 1 aromatic carbocycles. The van der Waals surface area contributed by atoms with Crippen LogP contribution < -0.4 is 16.4 Å². The second kappa shape index (κ2) is 9.52. The second-order valence-corrected chi connectivity index (χ2v) is 5.93. The topological polar surface area (TPSA) is 84.2 Å². The summed E-state index contributed by atoms with van der Waals surface area (Å²) in [6.45, 7) is 0.497. The van der Waals surface area contributed by atoms with Gasteiger partial charge in [-0.15, -0.1) is 0 Å². The standard InChI is InChI=1S/C14H20ClN3O2S/c1-21-9-7-12(18-14(16)20)13(19)17-8-6-10-2-4-11(15)5-3-10/h2-5,12H,6-9H2,1H3,(H,17,19)(H3,16,18,20). The Bertz CT molecular complexity index is 468. The number of thioether (sulfide) groups is 1. The highest BCUT2D eigenvalue weighted by molar-refractivity contribution is 7.98. The van der Waals surface area contributed by atoms with E-state index < -0.39 is 12.1 Å². The van der Waals surface area contributed by atoms with Crippen LogP contribution in [0.15, 0.2) is 24.3 Å². The van der Waals surface area contributed by atoms with Crippen molar-refractivity contribution >= 4 is 35.3 Å². The van der Waals surface area contributed by atoms with Crippen molar-refractivity contribution in [1.29, 1.82) is 0 Å². The van der Waals surface area contributed by atoms with Crippen molar-refractivity contribution in [3.05, 3.63) is 34.9 Å².